The van der Waals surface area contributed by atoms with E-state index in [0.717, 1.165) is 5.92 Å². The molecule has 0 aromatic heterocycles. The lowest BCUT2D eigenvalue weighted by Gasteiger charge is -2.24. The van der Waals surface area contributed by atoms with Crippen LogP contribution in [0.15, 0.2) is 0 Å². The summed E-state index contributed by atoms with van der Waals surface area (Å²) in [5.74, 6) is -0.675. The van der Waals surface area contributed by atoms with Gasteiger partial charge in [-0.15, -0.1) is 0 Å². The summed E-state index contributed by atoms with van der Waals surface area (Å²) in [4.78, 5) is 35.8. The molecule has 1 aliphatic heterocycles. The van der Waals surface area contributed by atoms with Crippen molar-refractivity contribution in [2.24, 2.45) is 11.8 Å². The van der Waals surface area contributed by atoms with Crippen molar-refractivity contribution in [3.8, 4) is 0 Å². The van der Waals surface area contributed by atoms with Crippen molar-refractivity contribution >= 4 is 18.0 Å². The Kier molecular flexibility index (Phi) is 18.8. The average molecular weight is 419 g/mol. The number of ether oxygens (including phenoxy) is 1. The zero-order valence-corrected chi connectivity index (χ0v) is 20.6. The first-order valence-corrected chi connectivity index (χ1v) is 10.8. The molecule has 2 atom stereocenters. The van der Waals surface area contributed by atoms with E-state index >= 15 is 0 Å². The summed E-state index contributed by atoms with van der Waals surface area (Å²) >= 11 is 0. The first-order valence-electron chi connectivity index (χ1n) is 10.8. The van der Waals surface area contributed by atoms with Crippen LogP contribution in [-0.4, -0.2) is 52.7 Å². The van der Waals surface area contributed by atoms with E-state index in [2.05, 4.69) is 39.9 Å². The molecule has 0 saturated carbocycles. The standard InChI is InChI=1S/C13H22N2O5.C4H10.C3H8.C2H6/c1-8-5-6-15(10(8)11(17)18)9(16)7-14-12(19)20-13(2,3)4;1-4(2)3;1-3-2;1-2/h8,10H,5-7H2,1-4H3,(H,14,19)(H,17,18);4H,1-3H3;3H2,1-2H3;1-2H3. The number of carbonyl (C=O) groups is 3. The molecule has 1 fully saturated rings. The third kappa shape index (κ3) is 18.0. The number of alkyl carbamates (subject to hydrolysis) is 1. The van der Waals surface area contributed by atoms with E-state index in [1.54, 1.807) is 27.7 Å². The Morgan fingerprint density at radius 3 is 1.90 bits per heavy atom. The van der Waals surface area contributed by atoms with Crippen molar-refractivity contribution in [1.82, 2.24) is 10.2 Å². The normalized spacial score (nSPS) is 17.6. The Balaban J connectivity index is -0.000000639. The quantitative estimate of drug-likeness (QED) is 0.677. The van der Waals surface area contributed by atoms with Crippen LogP contribution < -0.4 is 5.32 Å². The minimum Gasteiger partial charge on any atom is -0.480 e. The highest BCUT2D eigenvalue weighted by molar-refractivity contribution is 5.87. The average Bonchev–Trinajstić information content (AvgIpc) is 2.95. The largest absolute Gasteiger partial charge is 0.480 e. The first kappa shape index (κ1) is 31.9. The van der Waals surface area contributed by atoms with Gasteiger partial charge in [-0.3, -0.25) is 4.79 Å². The molecule has 1 aliphatic rings. The van der Waals surface area contributed by atoms with Gasteiger partial charge < -0.3 is 20.1 Å². The zero-order valence-electron chi connectivity index (χ0n) is 20.6. The molecule has 0 spiro atoms. The summed E-state index contributed by atoms with van der Waals surface area (Å²) < 4.78 is 5.01. The fraction of sp³-hybridized carbons (Fsp3) is 0.864. The van der Waals surface area contributed by atoms with Crippen molar-refractivity contribution in [3.05, 3.63) is 0 Å². The van der Waals surface area contributed by atoms with Crippen LogP contribution in [0.5, 0.6) is 0 Å². The van der Waals surface area contributed by atoms with Crippen LogP contribution in [0.25, 0.3) is 0 Å². The second-order valence-corrected chi connectivity index (χ2v) is 8.43. The van der Waals surface area contributed by atoms with Crippen LogP contribution in [-0.2, 0) is 14.3 Å². The van der Waals surface area contributed by atoms with Gasteiger partial charge in [0.1, 0.15) is 18.2 Å². The molecule has 0 radical (unpaired) electrons. The van der Waals surface area contributed by atoms with Crippen LogP contribution in [0, 0.1) is 11.8 Å². The van der Waals surface area contributed by atoms with Gasteiger partial charge in [-0.1, -0.05) is 61.8 Å². The first-order chi connectivity index (χ1) is 13.3. The third-order valence-corrected chi connectivity index (χ3v) is 3.06. The molecule has 1 heterocycles. The van der Waals surface area contributed by atoms with E-state index in [1.807, 2.05) is 13.8 Å². The van der Waals surface area contributed by atoms with Crippen LogP contribution in [0.3, 0.4) is 0 Å². The molecule has 0 aromatic carbocycles. The maximum Gasteiger partial charge on any atom is 0.408 e. The summed E-state index contributed by atoms with van der Waals surface area (Å²) in [6.07, 6.45) is 1.21. The van der Waals surface area contributed by atoms with Crippen LogP contribution >= 0.6 is 0 Å². The van der Waals surface area contributed by atoms with Crippen LogP contribution in [0.1, 0.15) is 89.0 Å². The number of rotatable bonds is 3. The Morgan fingerprint density at radius 2 is 1.55 bits per heavy atom. The van der Waals surface area contributed by atoms with E-state index in [0.29, 0.717) is 13.0 Å². The Labute approximate surface area is 178 Å². The number of carboxylic acids is 1. The highest BCUT2D eigenvalue weighted by Gasteiger charge is 2.39. The number of carboxylic acid groups (broad SMARTS) is 1. The van der Waals surface area contributed by atoms with Crippen LogP contribution in [0.2, 0.25) is 0 Å². The van der Waals surface area contributed by atoms with Gasteiger partial charge in [-0.2, -0.15) is 0 Å². The number of hydrogen-bond acceptors (Lipinski definition) is 4. The highest BCUT2D eigenvalue weighted by Crippen LogP contribution is 2.23. The Hall–Kier alpha value is -1.79. The molecule has 1 saturated heterocycles. The highest BCUT2D eigenvalue weighted by atomic mass is 16.6. The second kappa shape index (κ2) is 17.1. The molecule has 2 unspecified atom stereocenters. The van der Waals surface area contributed by atoms with Gasteiger partial charge in [0.15, 0.2) is 0 Å². The molecule has 7 nitrogen and oxygen atoms in total. The molecule has 29 heavy (non-hydrogen) atoms. The van der Waals surface area contributed by atoms with Gasteiger partial charge in [0.05, 0.1) is 0 Å². The lowest BCUT2D eigenvalue weighted by Crippen LogP contribution is -2.47. The van der Waals surface area contributed by atoms with Gasteiger partial charge in [0.25, 0.3) is 0 Å². The molecule has 0 aromatic rings. The van der Waals surface area contributed by atoms with Crippen molar-refractivity contribution < 1.29 is 24.2 Å². The molecule has 174 valence electrons. The Bertz CT molecular complexity index is 456. The summed E-state index contributed by atoms with van der Waals surface area (Å²) in [7, 11) is 0. The van der Waals surface area contributed by atoms with Crippen molar-refractivity contribution in [2.75, 3.05) is 13.1 Å². The fourth-order valence-electron chi connectivity index (χ4n) is 2.17. The number of carbonyl (C=O) groups excluding carboxylic acids is 2. The topological polar surface area (TPSA) is 95.9 Å². The summed E-state index contributed by atoms with van der Waals surface area (Å²) in [5.41, 5.74) is -0.640. The third-order valence-electron chi connectivity index (χ3n) is 3.06. The molecule has 0 bridgehead atoms. The number of nitrogens with zero attached hydrogens (tertiary/aromatic N) is 1. The van der Waals surface area contributed by atoms with Crippen LogP contribution in [0.4, 0.5) is 4.79 Å². The summed E-state index contributed by atoms with van der Waals surface area (Å²) in [6.45, 7) is 21.8. The number of nitrogens with one attached hydrogen (secondary N) is 1. The monoisotopic (exact) mass is 418 g/mol. The minimum atomic E-state index is -1.01. The molecule has 7 heteroatoms. The van der Waals surface area contributed by atoms with E-state index in [1.165, 1.54) is 11.3 Å². The summed E-state index contributed by atoms with van der Waals surface area (Å²) in [6, 6.07) is -0.817. The van der Waals surface area contributed by atoms with Gasteiger partial charge in [0, 0.05) is 6.54 Å². The molecule has 1 rings (SSSR count). The number of likely N-dealkylation sites (tertiary alicyclic amines) is 1. The second-order valence-electron chi connectivity index (χ2n) is 8.43. The number of aliphatic carboxylic acids is 1. The Morgan fingerprint density at radius 1 is 1.14 bits per heavy atom. The molecular formula is C22H46N2O5. The maximum absolute atomic E-state index is 12.0. The molecular weight excluding hydrogens is 372 g/mol. The van der Waals surface area contributed by atoms with E-state index < -0.39 is 29.6 Å². The van der Waals surface area contributed by atoms with E-state index in [9.17, 15) is 14.4 Å². The van der Waals surface area contributed by atoms with Gasteiger partial charge in [-0.25, -0.2) is 9.59 Å². The number of hydrogen-bond donors (Lipinski definition) is 2. The molecule has 2 N–H and O–H groups in total. The SMILES string of the molecule is CC.CC(C)C.CC1CCN(C(=O)CNC(=O)OC(C)(C)C)C1C(=O)O.CCC. The van der Waals surface area contributed by atoms with Gasteiger partial charge in [0.2, 0.25) is 5.91 Å². The lowest BCUT2D eigenvalue weighted by atomic mass is 10.0. The molecule has 2 amide bonds. The number of amides is 2. The van der Waals surface area contributed by atoms with Gasteiger partial charge in [-0.05, 0) is 39.0 Å². The van der Waals surface area contributed by atoms with Crippen molar-refractivity contribution in [1.29, 1.82) is 0 Å². The van der Waals surface area contributed by atoms with Gasteiger partial charge >= 0.3 is 12.1 Å². The minimum absolute atomic E-state index is 0.0852. The predicted molar refractivity (Wildman–Crippen MR) is 119 cm³/mol. The van der Waals surface area contributed by atoms with Crippen molar-refractivity contribution in [3.63, 3.8) is 0 Å². The maximum atomic E-state index is 12.0. The molecule has 0 aliphatic carbocycles. The van der Waals surface area contributed by atoms with E-state index in [-0.39, 0.29) is 12.5 Å². The smallest absolute Gasteiger partial charge is 0.408 e. The zero-order chi connectivity index (χ0) is 23.8. The fourth-order valence-corrected chi connectivity index (χ4v) is 2.17. The van der Waals surface area contributed by atoms with Crippen molar-refractivity contribution in [2.45, 2.75) is 101 Å². The summed E-state index contributed by atoms with van der Waals surface area (Å²) in [5, 5.41) is 11.5. The predicted octanol–water partition coefficient (Wildman–Crippen LogP) is 4.94. The van der Waals surface area contributed by atoms with E-state index in [4.69, 9.17) is 9.84 Å². The lowest BCUT2D eigenvalue weighted by molar-refractivity contribution is -0.149.